The Morgan fingerprint density at radius 1 is 1.27 bits per heavy atom. The molecule has 0 bridgehead atoms. The zero-order valence-corrected chi connectivity index (χ0v) is 23.3. The summed E-state index contributed by atoms with van der Waals surface area (Å²) in [6, 6.07) is 6.17. The molecule has 2 aliphatic rings. The second kappa shape index (κ2) is 11.3. The molecule has 0 saturated carbocycles. The molecule has 1 N–H and O–H groups in total. The van der Waals surface area contributed by atoms with Gasteiger partial charge in [-0.2, -0.15) is 10.2 Å². The largest absolute Gasteiger partial charge is 0.489 e. The van der Waals surface area contributed by atoms with Crippen LogP contribution in [0.2, 0.25) is 0 Å². The lowest BCUT2D eigenvalue weighted by Gasteiger charge is -2.45. The second-order valence-corrected chi connectivity index (χ2v) is 10.6. The highest BCUT2D eigenvalue weighted by Crippen LogP contribution is 2.46. The van der Waals surface area contributed by atoms with Crippen LogP contribution in [0.15, 0.2) is 41.7 Å². The lowest BCUT2D eigenvalue weighted by Crippen LogP contribution is -2.58. The van der Waals surface area contributed by atoms with Gasteiger partial charge in [0.15, 0.2) is 5.75 Å². The molecule has 1 aromatic heterocycles. The smallest absolute Gasteiger partial charge is 0.350 e. The van der Waals surface area contributed by atoms with E-state index in [1.54, 1.807) is 15.5 Å². The predicted molar refractivity (Wildman–Crippen MR) is 152 cm³/mol. The van der Waals surface area contributed by atoms with Crippen molar-refractivity contribution in [2.24, 2.45) is 0 Å². The number of ether oxygens (including phenoxy) is 1. The normalized spacial score (nSPS) is 20.0. The van der Waals surface area contributed by atoms with E-state index < -0.39 is 17.3 Å². The molecule has 3 atom stereocenters. The molecule has 11 heteroatoms. The van der Waals surface area contributed by atoms with Crippen molar-refractivity contribution >= 4 is 22.6 Å². The van der Waals surface area contributed by atoms with Crippen LogP contribution in [-0.4, -0.2) is 65.7 Å². The molecule has 3 aromatic rings. The molecule has 41 heavy (non-hydrogen) atoms. The van der Waals surface area contributed by atoms with E-state index in [0.29, 0.717) is 36.2 Å². The maximum absolute atomic E-state index is 15.1. The van der Waals surface area contributed by atoms with Crippen molar-refractivity contribution < 1.29 is 18.3 Å². The van der Waals surface area contributed by atoms with Crippen molar-refractivity contribution in [3.05, 3.63) is 64.6 Å². The van der Waals surface area contributed by atoms with E-state index in [0.717, 1.165) is 25.1 Å². The highest BCUT2D eigenvalue weighted by Gasteiger charge is 2.36. The van der Waals surface area contributed by atoms with Gasteiger partial charge in [0.05, 0.1) is 23.2 Å². The van der Waals surface area contributed by atoms with E-state index in [1.807, 2.05) is 25.8 Å². The van der Waals surface area contributed by atoms with E-state index in [9.17, 15) is 19.2 Å². The molecule has 5 rings (SSSR count). The van der Waals surface area contributed by atoms with E-state index in [-0.39, 0.29) is 53.1 Å². The van der Waals surface area contributed by atoms with Crippen LogP contribution < -0.4 is 20.6 Å². The first kappa shape index (κ1) is 28.2. The highest BCUT2D eigenvalue weighted by molar-refractivity contribution is 6.01. The lowest BCUT2D eigenvalue weighted by atomic mass is 9.94. The number of halogens is 2. The number of nitrogens with one attached hydrogen (secondary N) is 1. The first-order valence-electron chi connectivity index (χ1n) is 13.7. The minimum Gasteiger partial charge on any atom is -0.489 e. The van der Waals surface area contributed by atoms with Crippen LogP contribution in [-0.2, 0) is 4.79 Å². The Balaban J connectivity index is 1.76. The molecule has 2 aromatic carbocycles. The third-order valence-electron chi connectivity index (χ3n) is 7.93. The molecule has 3 heterocycles. The van der Waals surface area contributed by atoms with Crippen LogP contribution in [0.5, 0.6) is 5.75 Å². The number of aromatic nitrogens is 2. The maximum atomic E-state index is 15.1. The van der Waals surface area contributed by atoms with Crippen LogP contribution in [0, 0.1) is 23.0 Å². The van der Waals surface area contributed by atoms with E-state index in [1.165, 1.54) is 12.1 Å². The zero-order chi connectivity index (χ0) is 29.4. The number of nitrogens with zero attached hydrogens (tertiary/aromatic N) is 5. The minimum atomic E-state index is -0.842. The molecule has 1 fully saturated rings. The molecule has 2 aliphatic heterocycles. The summed E-state index contributed by atoms with van der Waals surface area (Å²) in [4.78, 5) is 34.4. The summed E-state index contributed by atoms with van der Waals surface area (Å²) in [5.41, 5.74) is 0.221. The van der Waals surface area contributed by atoms with Crippen molar-refractivity contribution in [3.63, 3.8) is 0 Å². The summed E-state index contributed by atoms with van der Waals surface area (Å²) in [5.74, 6) is -1.20. The molecular weight excluding hydrogens is 530 g/mol. The first-order chi connectivity index (χ1) is 19.7. The van der Waals surface area contributed by atoms with Gasteiger partial charge in [-0.1, -0.05) is 6.58 Å². The SMILES string of the molecule is C=CC(=O)N1CC(C)N(c2nc(=O)n3c4c(c(-c5ccc(F)cc5F)c(C#N)cc24)OC[C@H]3CCCNC)C[C@H]1C. The number of anilines is 1. The Labute approximate surface area is 236 Å². The number of hydrogen-bond acceptors (Lipinski definition) is 7. The molecule has 1 amide bonds. The number of carbonyl (C=O) groups excluding carboxylic acids is 1. The van der Waals surface area contributed by atoms with Gasteiger partial charge < -0.3 is 19.9 Å². The summed E-state index contributed by atoms with van der Waals surface area (Å²) in [7, 11) is 1.85. The van der Waals surface area contributed by atoms with E-state index in [4.69, 9.17) is 4.74 Å². The Bertz CT molecular complexity index is 1630. The topological polar surface area (TPSA) is 103 Å². The Morgan fingerprint density at radius 3 is 2.73 bits per heavy atom. The molecule has 1 unspecified atom stereocenters. The van der Waals surface area contributed by atoms with E-state index in [2.05, 4.69) is 22.9 Å². The second-order valence-electron chi connectivity index (χ2n) is 10.6. The van der Waals surface area contributed by atoms with Crippen molar-refractivity contribution in [1.82, 2.24) is 19.8 Å². The quantitative estimate of drug-likeness (QED) is 0.346. The fourth-order valence-electron chi connectivity index (χ4n) is 5.93. The van der Waals surface area contributed by atoms with Gasteiger partial charge in [0.25, 0.3) is 0 Å². The van der Waals surface area contributed by atoms with Gasteiger partial charge in [0.2, 0.25) is 5.91 Å². The van der Waals surface area contributed by atoms with Crippen molar-refractivity contribution in [3.8, 4) is 22.9 Å². The third kappa shape index (κ3) is 4.93. The number of hydrogen-bond donors (Lipinski definition) is 1. The molecule has 1 saturated heterocycles. The van der Waals surface area contributed by atoms with Crippen LogP contribution in [0.4, 0.5) is 14.6 Å². The highest BCUT2D eigenvalue weighted by atomic mass is 19.1. The zero-order valence-electron chi connectivity index (χ0n) is 23.3. The van der Waals surface area contributed by atoms with Gasteiger partial charge >= 0.3 is 5.69 Å². The molecule has 0 aliphatic carbocycles. The van der Waals surface area contributed by atoms with Crippen LogP contribution in [0.25, 0.3) is 22.0 Å². The van der Waals surface area contributed by atoms with Gasteiger partial charge in [-0.15, -0.1) is 0 Å². The van der Waals surface area contributed by atoms with E-state index >= 15 is 4.39 Å². The maximum Gasteiger partial charge on any atom is 0.350 e. The number of carbonyl (C=O) groups is 1. The molecular formula is C30H32F2N6O3. The van der Waals surface area contributed by atoms with Gasteiger partial charge in [-0.25, -0.2) is 13.6 Å². The van der Waals surface area contributed by atoms with Gasteiger partial charge in [-0.3, -0.25) is 9.36 Å². The summed E-state index contributed by atoms with van der Waals surface area (Å²) < 4.78 is 36.8. The summed E-state index contributed by atoms with van der Waals surface area (Å²) >= 11 is 0. The molecule has 9 nitrogen and oxygen atoms in total. The predicted octanol–water partition coefficient (Wildman–Crippen LogP) is 3.76. The van der Waals surface area contributed by atoms with Gasteiger partial charge in [-0.05, 0) is 64.6 Å². The molecule has 214 valence electrons. The summed E-state index contributed by atoms with van der Waals surface area (Å²) in [6.45, 7) is 9.11. The van der Waals surface area contributed by atoms with Crippen LogP contribution >= 0.6 is 0 Å². The van der Waals surface area contributed by atoms with Crippen LogP contribution in [0.1, 0.15) is 38.3 Å². The fourth-order valence-corrected chi connectivity index (χ4v) is 5.93. The van der Waals surface area contributed by atoms with Gasteiger partial charge in [0, 0.05) is 47.8 Å². The third-order valence-corrected chi connectivity index (χ3v) is 7.93. The fraction of sp³-hybridized carbons (Fsp3) is 0.400. The van der Waals surface area contributed by atoms with Crippen molar-refractivity contribution in [2.45, 2.75) is 44.8 Å². The van der Waals surface area contributed by atoms with Crippen LogP contribution in [0.3, 0.4) is 0 Å². The van der Waals surface area contributed by atoms with Crippen molar-refractivity contribution in [1.29, 1.82) is 5.26 Å². The molecule has 0 radical (unpaired) electrons. The number of amides is 1. The lowest BCUT2D eigenvalue weighted by molar-refractivity contribution is -0.128. The van der Waals surface area contributed by atoms with Crippen molar-refractivity contribution in [2.75, 3.05) is 38.2 Å². The number of piperazine rings is 1. The summed E-state index contributed by atoms with van der Waals surface area (Å²) in [6.07, 6.45) is 2.69. The Morgan fingerprint density at radius 2 is 2.05 bits per heavy atom. The average Bonchev–Trinajstić information content (AvgIpc) is 2.95. The standard InChI is InChI=1S/C30H32F2N6O3/c1-5-25(39)36-14-18(3)37(15-17(36)2)29-23-11-19(13-33)26(22-9-8-20(31)12-24(22)32)28-27(23)38(30(40)35-29)21(16-41-28)7-6-10-34-4/h5,8-9,11-12,17-18,21,34H,1,6-7,10,14-16H2,2-4H3/t17-,18?,21-/m1/s1. The summed E-state index contributed by atoms with van der Waals surface area (Å²) in [5, 5.41) is 13.8. The molecule has 0 spiro atoms. The van der Waals surface area contributed by atoms with Gasteiger partial charge in [0.1, 0.15) is 24.1 Å². The first-order valence-corrected chi connectivity index (χ1v) is 13.7. The number of benzene rings is 2. The Hall–Kier alpha value is -4.30. The number of nitriles is 1. The average molecular weight is 563 g/mol. The monoisotopic (exact) mass is 562 g/mol. The minimum absolute atomic E-state index is 0.00406. The Kier molecular flexibility index (Phi) is 7.78. The number of rotatable bonds is 7.